The Morgan fingerprint density at radius 2 is 1.43 bits per heavy atom. The molecule has 0 bridgehead atoms. The van der Waals surface area contributed by atoms with Crippen molar-refractivity contribution in [3.63, 3.8) is 0 Å². The zero-order valence-electron chi connectivity index (χ0n) is 12.7. The molecular formula is C20H16O3. The van der Waals surface area contributed by atoms with Crippen LogP contribution in [0.15, 0.2) is 72.8 Å². The van der Waals surface area contributed by atoms with Gasteiger partial charge in [-0.1, -0.05) is 12.1 Å². The molecule has 0 atom stereocenters. The van der Waals surface area contributed by atoms with Crippen molar-refractivity contribution < 1.29 is 14.6 Å². The summed E-state index contributed by atoms with van der Waals surface area (Å²) in [4.78, 5) is 12.3. The largest absolute Gasteiger partial charge is 0.508 e. The fraction of sp³-hybridized carbons (Fsp3) is 0.0500. The molecule has 0 aliphatic carbocycles. The van der Waals surface area contributed by atoms with Crippen LogP contribution in [0.2, 0.25) is 0 Å². The van der Waals surface area contributed by atoms with Crippen molar-refractivity contribution in [2.24, 2.45) is 0 Å². The van der Waals surface area contributed by atoms with E-state index in [0.717, 1.165) is 11.3 Å². The monoisotopic (exact) mass is 304 g/mol. The molecule has 0 saturated heterocycles. The first-order chi connectivity index (χ1) is 11.1. The second kappa shape index (κ2) is 6.36. The molecule has 114 valence electrons. The van der Waals surface area contributed by atoms with Crippen LogP contribution in [0.1, 0.15) is 21.5 Å². The Hall–Kier alpha value is -3.07. The van der Waals surface area contributed by atoms with Gasteiger partial charge in [0.25, 0.3) is 0 Å². The van der Waals surface area contributed by atoms with Gasteiger partial charge in [0.15, 0.2) is 5.78 Å². The van der Waals surface area contributed by atoms with Crippen molar-refractivity contribution in [2.75, 3.05) is 0 Å². The third-order valence-corrected chi connectivity index (χ3v) is 3.47. The number of aryl methyl sites for hydroxylation is 1. The van der Waals surface area contributed by atoms with Crippen LogP contribution in [0.4, 0.5) is 0 Å². The van der Waals surface area contributed by atoms with Gasteiger partial charge in [0.1, 0.15) is 17.2 Å². The van der Waals surface area contributed by atoms with E-state index in [1.54, 1.807) is 36.4 Å². The summed E-state index contributed by atoms with van der Waals surface area (Å²) in [5.41, 5.74) is 2.24. The lowest BCUT2D eigenvalue weighted by Crippen LogP contribution is -2.00. The van der Waals surface area contributed by atoms with Crippen molar-refractivity contribution in [2.45, 2.75) is 6.92 Å². The molecule has 0 heterocycles. The molecule has 0 spiro atoms. The quantitative estimate of drug-likeness (QED) is 0.709. The smallest absolute Gasteiger partial charge is 0.193 e. The second-order valence-electron chi connectivity index (χ2n) is 5.32. The van der Waals surface area contributed by atoms with Gasteiger partial charge in [-0.05, 0) is 73.2 Å². The maximum atomic E-state index is 12.3. The molecule has 0 aliphatic heterocycles. The topological polar surface area (TPSA) is 46.5 Å². The van der Waals surface area contributed by atoms with E-state index in [0.29, 0.717) is 16.9 Å². The third-order valence-electron chi connectivity index (χ3n) is 3.47. The van der Waals surface area contributed by atoms with Gasteiger partial charge in [0.2, 0.25) is 0 Å². The van der Waals surface area contributed by atoms with E-state index in [9.17, 15) is 9.90 Å². The number of ketones is 1. The maximum Gasteiger partial charge on any atom is 0.193 e. The normalized spacial score (nSPS) is 10.3. The maximum absolute atomic E-state index is 12.3. The first-order valence-corrected chi connectivity index (χ1v) is 7.30. The molecular weight excluding hydrogens is 288 g/mol. The molecule has 3 heteroatoms. The number of phenols is 1. The molecule has 0 fully saturated rings. The van der Waals surface area contributed by atoms with Crippen LogP contribution in [0, 0.1) is 6.92 Å². The highest BCUT2D eigenvalue weighted by Crippen LogP contribution is 2.23. The van der Waals surface area contributed by atoms with E-state index in [-0.39, 0.29) is 11.5 Å². The van der Waals surface area contributed by atoms with Crippen molar-refractivity contribution in [1.29, 1.82) is 0 Å². The van der Waals surface area contributed by atoms with Crippen LogP contribution in [0.5, 0.6) is 17.2 Å². The van der Waals surface area contributed by atoms with Gasteiger partial charge in [-0.3, -0.25) is 4.79 Å². The Morgan fingerprint density at radius 3 is 2.04 bits per heavy atom. The zero-order chi connectivity index (χ0) is 16.2. The van der Waals surface area contributed by atoms with Gasteiger partial charge in [-0.15, -0.1) is 0 Å². The van der Waals surface area contributed by atoms with E-state index in [1.807, 2.05) is 31.2 Å². The van der Waals surface area contributed by atoms with Crippen LogP contribution in [-0.2, 0) is 0 Å². The zero-order valence-corrected chi connectivity index (χ0v) is 12.7. The second-order valence-corrected chi connectivity index (χ2v) is 5.32. The summed E-state index contributed by atoms with van der Waals surface area (Å²) in [5, 5.41) is 9.28. The lowest BCUT2D eigenvalue weighted by Gasteiger charge is -2.07. The number of rotatable bonds is 4. The first kappa shape index (κ1) is 14.9. The summed E-state index contributed by atoms with van der Waals surface area (Å²) in [6.45, 7) is 2.01. The Kier molecular flexibility index (Phi) is 4.11. The molecule has 0 aliphatic rings. The van der Waals surface area contributed by atoms with E-state index in [4.69, 9.17) is 4.74 Å². The Bertz CT molecular complexity index is 818. The van der Waals surface area contributed by atoms with E-state index < -0.39 is 0 Å². The van der Waals surface area contributed by atoms with Crippen LogP contribution < -0.4 is 4.74 Å². The number of carbonyl (C=O) groups excluding carboxylic acids is 1. The fourth-order valence-electron chi connectivity index (χ4n) is 2.27. The summed E-state index contributed by atoms with van der Waals surface area (Å²) < 4.78 is 5.77. The number of benzene rings is 3. The molecule has 0 amide bonds. The van der Waals surface area contributed by atoms with Gasteiger partial charge in [0.05, 0.1) is 0 Å². The summed E-state index contributed by atoms with van der Waals surface area (Å²) in [6, 6.07) is 21.0. The molecule has 3 nitrogen and oxygen atoms in total. The highest BCUT2D eigenvalue weighted by atomic mass is 16.5. The number of aromatic hydroxyl groups is 1. The lowest BCUT2D eigenvalue weighted by atomic mass is 10.0. The van der Waals surface area contributed by atoms with Crippen molar-refractivity contribution in [1.82, 2.24) is 0 Å². The fourth-order valence-corrected chi connectivity index (χ4v) is 2.27. The average molecular weight is 304 g/mol. The SMILES string of the molecule is Cc1cccc(Oc2ccc(C(=O)c3ccc(O)cc3)cc2)c1. The van der Waals surface area contributed by atoms with E-state index in [2.05, 4.69) is 0 Å². The number of hydrogen-bond acceptors (Lipinski definition) is 3. The van der Waals surface area contributed by atoms with Crippen LogP contribution in [-0.4, -0.2) is 10.9 Å². The van der Waals surface area contributed by atoms with Gasteiger partial charge in [0, 0.05) is 11.1 Å². The highest BCUT2D eigenvalue weighted by molar-refractivity contribution is 6.09. The molecule has 3 rings (SSSR count). The first-order valence-electron chi connectivity index (χ1n) is 7.30. The van der Waals surface area contributed by atoms with E-state index in [1.165, 1.54) is 12.1 Å². The standard InChI is InChI=1S/C20H16O3/c1-14-3-2-4-19(13-14)23-18-11-7-16(8-12-18)20(22)15-5-9-17(21)10-6-15/h2-13,21H,1H3. The summed E-state index contributed by atoms with van der Waals surface area (Å²) in [6.07, 6.45) is 0. The molecule has 3 aromatic carbocycles. The van der Waals surface area contributed by atoms with Crippen molar-refractivity contribution >= 4 is 5.78 Å². The van der Waals surface area contributed by atoms with Gasteiger partial charge in [-0.25, -0.2) is 0 Å². The van der Waals surface area contributed by atoms with Gasteiger partial charge >= 0.3 is 0 Å². The van der Waals surface area contributed by atoms with Gasteiger partial charge in [-0.2, -0.15) is 0 Å². The molecule has 0 radical (unpaired) electrons. The van der Waals surface area contributed by atoms with Crippen LogP contribution in [0.25, 0.3) is 0 Å². The Balaban J connectivity index is 1.76. The molecule has 0 aromatic heterocycles. The molecule has 0 unspecified atom stereocenters. The third kappa shape index (κ3) is 3.58. The summed E-state index contributed by atoms with van der Waals surface area (Å²) >= 11 is 0. The molecule has 3 aromatic rings. The summed E-state index contributed by atoms with van der Waals surface area (Å²) in [5.74, 6) is 1.50. The van der Waals surface area contributed by atoms with Crippen LogP contribution in [0.3, 0.4) is 0 Å². The number of ether oxygens (including phenoxy) is 1. The van der Waals surface area contributed by atoms with Crippen molar-refractivity contribution in [3.8, 4) is 17.2 Å². The minimum absolute atomic E-state index is 0.0906. The highest BCUT2D eigenvalue weighted by Gasteiger charge is 2.09. The van der Waals surface area contributed by atoms with Crippen molar-refractivity contribution in [3.05, 3.63) is 89.5 Å². The molecule has 1 N–H and O–H groups in total. The Morgan fingerprint density at radius 1 is 0.826 bits per heavy atom. The molecule has 23 heavy (non-hydrogen) atoms. The predicted molar refractivity (Wildman–Crippen MR) is 89.2 cm³/mol. The van der Waals surface area contributed by atoms with Crippen LogP contribution >= 0.6 is 0 Å². The summed E-state index contributed by atoms with van der Waals surface area (Å²) in [7, 11) is 0. The number of phenolic OH excluding ortho intramolecular Hbond substituents is 1. The molecule has 0 saturated carbocycles. The number of carbonyl (C=O) groups is 1. The predicted octanol–water partition coefficient (Wildman–Crippen LogP) is 4.72. The van der Waals surface area contributed by atoms with Gasteiger partial charge < -0.3 is 9.84 Å². The minimum Gasteiger partial charge on any atom is -0.508 e. The minimum atomic E-state index is -0.0906. The lowest BCUT2D eigenvalue weighted by molar-refractivity contribution is 0.103. The average Bonchev–Trinajstić information content (AvgIpc) is 2.56. The Labute approximate surface area is 134 Å². The number of hydrogen-bond donors (Lipinski definition) is 1. The van der Waals surface area contributed by atoms with E-state index >= 15 is 0 Å².